The minimum Gasteiger partial charge on any atom is -0.504 e. The van der Waals surface area contributed by atoms with E-state index in [2.05, 4.69) is 26.1 Å². The number of hydrogen-bond donors (Lipinski definition) is 2. The van der Waals surface area contributed by atoms with Gasteiger partial charge in [0, 0.05) is 10.9 Å². The number of rotatable bonds is 5. The highest BCUT2D eigenvalue weighted by Crippen LogP contribution is 2.28. The Morgan fingerprint density at radius 2 is 1.89 bits per heavy atom. The molecule has 8 heteroatoms. The van der Waals surface area contributed by atoms with E-state index in [4.69, 9.17) is 4.74 Å². The molecule has 0 aliphatic rings. The fourth-order valence-electron chi connectivity index (χ4n) is 2.78. The Hall–Kier alpha value is -3.94. The van der Waals surface area contributed by atoms with Crippen LogP contribution >= 0.6 is 0 Å². The van der Waals surface area contributed by atoms with Crippen LogP contribution in [0.3, 0.4) is 0 Å². The number of anilines is 1. The zero-order valence-electron chi connectivity index (χ0n) is 14.4. The smallest absolute Gasteiger partial charge is 0.268 e. The molecule has 0 aliphatic carbocycles. The molecule has 0 aliphatic heterocycles. The quantitative estimate of drug-likeness (QED) is 0.419. The van der Waals surface area contributed by atoms with E-state index in [0.717, 1.165) is 16.5 Å². The van der Waals surface area contributed by atoms with E-state index in [9.17, 15) is 5.11 Å². The predicted molar refractivity (Wildman–Crippen MR) is 103 cm³/mol. The van der Waals surface area contributed by atoms with Gasteiger partial charge in [0.15, 0.2) is 11.5 Å². The number of aromatic hydroxyl groups is 1. The van der Waals surface area contributed by atoms with Gasteiger partial charge >= 0.3 is 0 Å². The van der Waals surface area contributed by atoms with E-state index >= 15 is 0 Å². The summed E-state index contributed by atoms with van der Waals surface area (Å²) in [5.74, 6) is 0.740. The number of ether oxygens (including phenoxy) is 1. The number of hydrazone groups is 1. The first-order chi connectivity index (χ1) is 13.3. The molecule has 0 saturated carbocycles. The molecule has 27 heavy (non-hydrogen) atoms. The van der Waals surface area contributed by atoms with Gasteiger partial charge < -0.3 is 9.84 Å². The Balaban J connectivity index is 1.63. The van der Waals surface area contributed by atoms with Crippen LogP contribution in [0.1, 0.15) is 5.56 Å². The summed E-state index contributed by atoms with van der Waals surface area (Å²) >= 11 is 0. The number of tetrazole rings is 1. The molecule has 8 nitrogen and oxygen atoms in total. The highest BCUT2D eigenvalue weighted by molar-refractivity contribution is 5.90. The molecule has 134 valence electrons. The van der Waals surface area contributed by atoms with E-state index in [1.54, 1.807) is 22.9 Å². The van der Waals surface area contributed by atoms with Gasteiger partial charge in [-0.25, -0.2) is 5.43 Å². The van der Waals surface area contributed by atoms with E-state index in [-0.39, 0.29) is 5.75 Å². The van der Waals surface area contributed by atoms with Crippen molar-refractivity contribution in [1.82, 2.24) is 20.2 Å². The van der Waals surface area contributed by atoms with Gasteiger partial charge in [0.2, 0.25) is 0 Å². The zero-order valence-corrected chi connectivity index (χ0v) is 14.4. The normalized spacial score (nSPS) is 11.1. The van der Waals surface area contributed by atoms with Crippen LogP contribution < -0.4 is 10.2 Å². The molecule has 0 spiro atoms. The first kappa shape index (κ1) is 16.5. The van der Waals surface area contributed by atoms with Gasteiger partial charge in [0.25, 0.3) is 5.95 Å². The number of aromatic nitrogens is 4. The van der Waals surface area contributed by atoms with Crippen molar-refractivity contribution in [1.29, 1.82) is 0 Å². The molecule has 2 N–H and O–H groups in total. The number of phenolic OH excluding ortho intramolecular Hbond substituents is 1. The molecule has 4 aromatic rings. The van der Waals surface area contributed by atoms with Gasteiger partial charge in [0.1, 0.15) is 0 Å². The van der Waals surface area contributed by atoms with E-state index in [1.165, 1.54) is 13.3 Å². The molecule has 0 atom stereocenters. The number of hydrogen-bond acceptors (Lipinski definition) is 7. The molecule has 1 aromatic heterocycles. The molecule has 3 aromatic carbocycles. The topological polar surface area (TPSA) is 97.5 Å². The third-order valence-corrected chi connectivity index (χ3v) is 4.08. The monoisotopic (exact) mass is 360 g/mol. The summed E-state index contributed by atoms with van der Waals surface area (Å²) in [5.41, 5.74) is 4.15. The average molecular weight is 360 g/mol. The number of phenols is 1. The fourth-order valence-corrected chi connectivity index (χ4v) is 2.78. The molecule has 0 radical (unpaired) electrons. The van der Waals surface area contributed by atoms with Crippen LogP contribution in [-0.2, 0) is 0 Å². The number of methoxy groups -OCH3 is 1. The van der Waals surface area contributed by atoms with Gasteiger partial charge in [-0.1, -0.05) is 47.6 Å². The SMILES string of the molecule is COc1cccc(/C=N\Nc2nnnn2-c2cccc3ccccc23)c1O. The van der Waals surface area contributed by atoms with Crippen LogP contribution in [0, 0.1) is 0 Å². The van der Waals surface area contributed by atoms with Crippen LogP contribution in [0.25, 0.3) is 16.5 Å². The van der Waals surface area contributed by atoms with Crippen LogP contribution in [0.15, 0.2) is 65.8 Å². The maximum atomic E-state index is 10.1. The van der Waals surface area contributed by atoms with E-state index < -0.39 is 0 Å². The molecular weight excluding hydrogens is 344 g/mol. The number of nitrogens with one attached hydrogen (secondary N) is 1. The van der Waals surface area contributed by atoms with Crippen molar-refractivity contribution in [3.63, 3.8) is 0 Å². The largest absolute Gasteiger partial charge is 0.504 e. The average Bonchev–Trinajstić information content (AvgIpc) is 3.17. The highest BCUT2D eigenvalue weighted by Gasteiger charge is 2.10. The summed E-state index contributed by atoms with van der Waals surface area (Å²) in [6, 6.07) is 19.0. The molecule has 0 fully saturated rings. The van der Waals surface area contributed by atoms with E-state index in [0.29, 0.717) is 17.3 Å². The maximum absolute atomic E-state index is 10.1. The third-order valence-electron chi connectivity index (χ3n) is 4.08. The summed E-state index contributed by atoms with van der Waals surface area (Å²) in [6.07, 6.45) is 1.47. The highest BCUT2D eigenvalue weighted by atomic mass is 16.5. The lowest BCUT2D eigenvalue weighted by molar-refractivity contribution is 0.373. The molecular formula is C19H16N6O2. The standard InChI is InChI=1S/C19H16N6O2/c1-27-17-11-5-8-14(18(17)26)12-20-21-19-22-23-24-25(19)16-10-4-7-13-6-2-3-9-15(13)16/h2-12,26H,1H3,(H,21,22,24)/b20-12-. The Morgan fingerprint density at radius 3 is 2.78 bits per heavy atom. The molecule has 4 rings (SSSR count). The molecule has 0 bridgehead atoms. The van der Waals surface area contributed by atoms with E-state index in [1.807, 2.05) is 42.5 Å². The maximum Gasteiger partial charge on any atom is 0.268 e. The van der Waals surface area contributed by atoms with Crippen LogP contribution in [0.4, 0.5) is 5.95 Å². The molecule has 1 heterocycles. The lowest BCUT2D eigenvalue weighted by Crippen LogP contribution is -2.04. The van der Waals surface area contributed by atoms with Crippen molar-refractivity contribution in [2.75, 3.05) is 12.5 Å². The zero-order chi connectivity index (χ0) is 18.6. The number of nitrogens with zero attached hydrogens (tertiary/aromatic N) is 5. The van der Waals surface area contributed by atoms with Crippen molar-refractivity contribution in [3.8, 4) is 17.2 Å². The van der Waals surface area contributed by atoms with Gasteiger partial charge in [-0.2, -0.15) is 9.78 Å². The van der Waals surface area contributed by atoms with Gasteiger partial charge in [-0.15, -0.1) is 0 Å². The third kappa shape index (κ3) is 3.15. The molecule has 0 saturated heterocycles. The lowest BCUT2D eigenvalue weighted by atomic mass is 10.1. The Bertz CT molecular complexity index is 1120. The van der Waals surface area contributed by atoms with Gasteiger partial charge in [-0.05, 0) is 34.0 Å². The van der Waals surface area contributed by atoms with Gasteiger partial charge in [-0.3, -0.25) is 0 Å². The minimum absolute atomic E-state index is 0.0131. The summed E-state index contributed by atoms with van der Waals surface area (Å²) < 4.78 is 6.66. The first-order valence-electron chi connectivity index (χ1n) is 8.19. The fraction of sp³-hybridized carbons (Fsp3) is 0.0526. The van der Waals surface area contributed by atoms with Crippen molar-refractivity contribution in [2.24, 2.45) is 5.10 Å². The van der Waals surface area contributed by atoms with Crippen molar-refractivity contribution < 1.29 is 9.84 Å². The Kier molecular flexibility index (Phi) is 4.36. The summed E-state index contributed by atoms with van der Waals surface area (Å²) in [5, 5.41) is 28.1. The second-order valence-corrected chi connectivity index (χ2v) is 5.68. The second kappa shape index (κ2) is 7.12. The minimum atomic E-state index is 0.0131. The summed E-state index contributed by atoms with van der Waals surface area (Å²) in [6.45, 7) is 0. The van der Waals surface area contributed by atoms with Gasteiger partial charge in [0.05, 0.1) is 19.0 Å². The predicted octanol–water partition coefficient (Wildman–Crippen LogP) is 2.98. The van der Waals surface area contributed by atoms with Crippen LogP contribution in [-0.4, -0.2) is 38.6 Å². The van der Waals surface area contributed by atoms with Crippen molar-refractivity contribution in [2.45, 2.75) is 0 Å². The van der Waals surface area contributed by atoms with Crippen LogP contribution in [0.5, 0.6) is 11.5 Å². The Labute approximate surface area is 154 Å². The molecule has 0 amide bonds. The summed E-state index contributed by atoms with van der Waals surface area (Å²) in [7, 11) is 1.49. The second-order valence-electron chi connectivity index (χ2n) is 5.68. The summed E-state index contributed by atoms with van der Waals surface area (Å²) in [4.78, 5) is 0. The number of para-hydroxylation sites is 1. The molecule has 0 unspecified atom stereocenters. The van der Waals surface area contributed by atoms with Crippen LogP contribution in [0.2, 0.25) is 0 Å². The number of benzene rings is 3. The Morgan fingerprint density at radius 1 is 1.07 bits per heavy atom. The first-order valence-corrected chi connectivity index (χ1v) is 8.19. The number of fused-ring (bicyclic) bond motifs is 1. The van der Waals surface area contributed by atoms with Crippen molar-refractivity contribution >= 4 is 22.9 Å². The lowest BCUT2D eigenvalue weighted by Gasteiger charge is -2.08. The van der Waals surface area contributed by atoms with Crippen molar-refractivity contribution in [3.05, 3.63) is 66.2 Å².